The summed E-state index contributed by atoms with van der Waals surface area (Å²) in [5.74, 6) is -4.57. The second-order valence-electron chi connectivity index (χ2n) is 4.71. The molecule has 6 heteroatoms. The van der Waals surface area contributed by atoms with Gasteiger partial charge in [0.25, 0.3) is 5.91 Å². The van der Waals surface area contributed by atoms with E-state index >= 15 is 0 Å². The van der Waals surface area contributed by atoms with Gasteiger partial charge in [-0.1, -0.05) is 29.8 Å². The first-order valence-electron chi connectivity index (χ1n) is 5.86. The predicted molar refractivity (Wildman–Crippen MR) is 70.8 cm³/mol. The number of carbonyl (C=O) groups excluding carboxylic acids is 1. The Balaban J connectivity index is 2.83. The predicted octanol–water partition coefficient (Wildman–Crippen LogP) is 3.64. The molecule has 0 bridgehead atoms. The fourth-order valence-electron chi connectivity index (χ4n) is 1.68. The van der Waals surface area contributed by atoms with Crippen molar-refractivity contribution < 1.29 is 18.0 Å². The minimum Gasteiger partial charge on any atom is -0.348 e. The fraction of sp³-hybridized carbons (Fsp3) is 0.462. The fourth-order valence-corrected chi connectivity index (χ4v) is 2.11. The molecule has 0 aliphatic heterocycles. The summed E-state index contributed by atoms with van der Waals surface area (Å²) in [6.45, 7) is 4.00. The molecule has 0 aromatic heterocycles. The number of amides is 1. The van der Waals surface area contributed by atoms with Crippen LogP contribution in [-0.2, 0) is 0 Å². The summed E-state index contributed by atoms with van der Waals surface area (Å²) < 4.78 is 38.8. The molecule has 1 atom stereocenters. The molecule has 1 N–H and O–H groups in total. The van der Waals surface area contributed by atoms with Gasteiger partial charge in [0.1, 0.15) is 0 Å². The van der Waals surface area contributed by atoms with Crippen LogP contribution >= 0.6 is 15.9 Å². The van der Waals surface area contributed by atoms with E-state index in [2.05, 4.69) is 21.2 Å². The summed E-state index contributed by atoms with van der Waals surface area (Å²) in [5, 5.41) is 3.18. The molecule has 0 heterocycles. The summed E-state index contributed by atoms with van der Waals surface area (Å²) in [6, 6.07) is 1.23. The molecule has 106 valence electrons. The molecular weight excluding hydrogens is 323 g/mol. The Hall–Kier alpha value is -1.04. The van der Waals surface area contributed by atoms with Crippen molar-refractivity contribution >= 4 is 21.8 Å². The van der Waals surface area contributed by atoms with E-state index in [1.165, 1.54) is 0 Å². The zero-order valence-corrected chi connectivity index (χ0v) is 12.2. The first-order valence-corrected chi connectivity index (χ1v) is 6.98. The Morgan fingerprint density at radius 1 is 1.26 bits per heavy atom. The maximum atomic E-state index is 13.0. The van der Waals surface area contributed by atoms with Crippen LogP contribution in [0.3, 0.4) is 0 Å². The number of hydrogen-bond donors (Lipinski definition) is 1. The van der Waals surface area contributed by atoms with Gasteiger partial charge in [-0.2, -0.15) is 0 Å². The molecule has 1 aromatic carbocycles. The van der Waals surface area contributed by atoms with Crippen molar-refractivity contribution in [1.29, 1.82) is 0 Å². The number of hydrogen-bond acceptors (Lipinski definition) is 1. The van der Waals surface area contributed by atoms with Crippen LogP contribution in [0.4, 0.5) is 13.2 Å². The molecule has 19 heavy (non-hydrogen) atoms. The third kappa shape index (κ3) is 4.53. The summed E-state index contributed by atoms with van der Waals surface area (Å²) in [7, 11) is 0. The van der Waals surface area contributed by atoms with Gasteiger partial charge in [0.2, 0.25) is 0 Å². The van der Waals surface area contributed by atoms with Crippen molar-refractivity contribution in [3.63, 3.8) is 0 Å². The van der Waals surface area contributed by atoms with Crippen molar-refractivity contribution in [1.82, 2.24) is 5.32 Å². The zero-order valence-electron chi connectivity index (χ0n) is 10.6. The van der Waals surface area contributed by atoms with E-state index in [-0.39, 0.29) is 11.6 Å². The quantitative estimate of drug-likeness (QED) is 0.645. The molecule has 0 saturated carbocycles. The molecule has 1 amide bonds. The van der Waals surface area contributed by atoms with Gasteiger partial charge in [0, 0.05) is 16.9 Å². The van der Waals surface area contributed by atoms with E-state index in [1.54, 1.807) is 0 Å². The van der Waals surface area contributed by atoms with Crippen LogP contribution in [0.15, 0.2) is 12.1 Å². The van der Waals surface area contributed by atoms with Crippen molar-refractivity contribution in [3.05, 3.63) is 35.1 Å². The van der Waals surface area contributed by atoms with E-state index in [0.717, 1.165) is 6.42 Å². The number of rotatable bonds is 5. The van der Waals surface area contributed by atoms with Gasteiger partial charge in [-0.3, -0.25) is 4.79 Å². The van der Waals surface area contributed by atoms with E-state index < -0.39 is 23.4 Å². The largest absolute Gasteiger partial charge is 0.348 e. The Bertz CT molecular complexity index is 442. The molecule has 0 spiro atoms. The topological polar surface area (TPSA) is 29.1 Å². The molecule has 1 unspecified atom stereocenters. The lowest BCUT2D eigenvalue weighted by Gasteiger charge is -2.18. The van der Waals surface area contributed by atoms with Crippen LogP contribution in [0.25, 0.3) is 0 Å². The van der Waals surface area contributed by atoms with Crippen LogP contribution in [-0.4, -0.2) is 17.3 Å². The summed E-state index contributed by atoms with van der Waals surface area (Å²) in [4.78, 5) is 11.8. The number of nitrogens with one attached hydrogen (secondary N) is 1. The lowest BCUT2D eigenvalue weighted by atomic mass is 10.0. The number of carbonyl (C=O) groups is 1. The average Bonchev–Trinajstić information content (AvgIpc) is 2.33. The Morgan fingerprint density at radius 3 is 2.21 bits per heavy atom. The van der Waals surface area contributed by atoms with Crippen molar-refractivity contribution in [2.45, 2.75) is 26.3 Å². The van der Waals surface area contributed by atoms with Crippen molar-refractivity contribution in [2.24, 2.45) is 5.92 Å². The minimum absolute atomic E-state index is 0.149. The van der Waals surface area contributed by atoms with Gasteiger partial charge >= 0.3 is 0 Å². The first kappa shape index (κ1) is 16.0. The highest BCUT2D eigenvalue weighted by Crippen LogP contribution is 2.14. The van der Waals surface area contributed by atoms with Crippen LogP contribution in [0.1, 0.15) is 30.6 Å². The molecule has 0 aliphatic carbocycles. The summed E-state index contributed by atoms with van der Waals surface area (Å²) in [6.07, 6.45) is 0.725. The van der Waals surface area contributed by atoms with E-state index in [9.17, 15) is 18.0 Å². The van der Waals surface area contributed by atoms with E-state index in [0.29, 0.717) is 23.4 Å². The SMILES string of the molecule is CC(C)CC(CBr)NC(=O)c1cc(F)c(F)c(F)c1. The Morgan fingerprint density at radius 2 is 1.79 bits per heavy atom. The summed E-state index contributed by atoms with van der Waals surface area (Å²) in [5.41, 5.74) is -0.230. The normalized spacial score (nSPS) is 12.6. The molecule has 0 saturated heterocycles. The third-order valence-corrected chi connectivity index (χ3v) is 3.30. The van der Waals surface area contributed by atoms with Crippen LogP contribution in [0.5, 0.6) is 0 Å². The van der Waals surface area contributed by atoms with E-state index in [4.69, 9.17) is 0 Å². The van der Waals surface area contributed by atoms with Gasteiger partial charge in [0.05, 0.1) is 0 Å². The van der Waals surface area contributed by atoms with Crippen LogP contribution in [0, 0.1) is 23.4 Å². The number of alkyl halides is 1. The molecule has 0 aliphatic rings. The van der Waals surface area contributed by atoms with Crippen molar-refractivity contribution in [3.8, 4) is 0 Å². The molecule has 1 aromatic rings. The smallest absolute Gasteiger partial charge is 0.251 e. The van der Waals surface area contributed by atoms with Crippen molar-refractivity contribution in [2.75, 3.05) is 5.33 Å². The van der Waals surface area contributed by atoms with E-state index in [1.807, 2.05) is 13.8 Å². The lowest BCUT2D eigenvalue weighted by molar-refractivity contribution is 0.0936. The maximum Gasteiger partial charge on any atom is 0.251 e. The van der Waals surface area contributed by atoms with Gasteiger partial charge < -0.3 is 5.32 Å². The highest BCUT2D eigenvalue weighted by Gasteiger charge is 2.18. The highest BCUT2D eigenvalue weighted by atomic mass is 79.9. The van der Waals surface area contributed by atoms with Crippen LogP contribution < -0.4 is 5.32 Å². The third-order valence-electron chi connectivity index (χ3n) is 2.52. The van der Waals surface area contributed by atoms with Gasteiger partial charge in [-0.15, -0.1) is 0 Å². The van der Waals surface area contributed by atoms with Gasteiger partial charge in [0.15, 0.2) is 17.5 Å². The molecule has 2 nitrogen and oxygen atoms in total. The van der Waals surface area contributed by atoms with Crippen LogP contribution in [0.2, 0.25) is 0 Å². The highest BCUT2D eigenvalue weighted by molar-refractivity contribution is 9.09. The average molecular weight is 338 g/mol. The second kappa shape index (κ2) is 6.93. The monoisotopic (exact) mass is 337 g/mol. The number of benzene rings is 1. The molecular formula is C13H15BrF3NO. The van der Waals surface area contributed by atoms with Gasteiger partial charge in [-0.05, 0) is 24.5 Å². The first-order chi connectivity index (χ1) is 8.85. The standard InChI is InChI=1S/C13H15BrF3NO/c1-7(2)3-9(6-14)18-13(19)8-4-10(15)12(17)11(16)5-8/h4-5,7,9H,3,6H2,1-2H3,(H,18,19). The Kier molecular flexibility index (Phi) is 5.85. The second-order valence-corrected chi connectivity index (χ2v) is 5.36. The molecule has 1 rings (SSSR count). The Labute approximate surface area is 118 Å². The number of halogens is 4. The summed E-state index contributed by atoms with van der Waals surface area (Å²) >= 11 is 3.26. The molecule has 0 fully saturated rings. The lowest BCUT2D eigenvalue weighted by Crippen LogP contribution is -2.37. The van der Waals surface area contributed by atoms with Gasteiger partial charge in [-0.25, -0.2) is 13.2 Å². The minimum atomic E-state index is -1.57. The molecule has 0 radical (unpaired) electrons. The zero-order chi connectivity index (χ0) is 14.6. The maximum absolute atomic E-state index is 13.0.